The van der Waals surface area contributed by atoms with E-state index in [9.17, 15) is 0 Å². The standard InChI is InChI=1S/C16H19N5O/c1-10-5-14(8-15(9-17)18-10)19-13-4-3-12(6-13)7-16-21-20-11(2)22-16/h5,8,12-13H,3-4,6-7H2,1-2H3,(H,18,19)/t12-,13+/m1/s1. The molecule has 0 bridgehead atoms. The molecule has 2 aromatic heterocycles. The highest BCUT2D eigenvalue weighted by Gasteiger charge is 2.26. The summed E-state index contributed by atoms with van der Waals surface area (Å²) in [5.74, 6) is 1.92. The van der Waals surface area contributed by atoms with Crippen LogP contribution in [0.2, 0.25) is 0 Å². The van der Waals surface area contributed by atoms with E-state index in [1.807, 2.05) is 26.0 Å². The first-order chi connectivity index (χ1) is 10.6. The fraction of sp³-hybridized carbons (Fsp3) is 0.500. The summed E-state index contributed by atoms with van der Waals surface area (Å²) in [6, 6.07) is 6.31. The maximum Gasteiger partial charge on any atom is 0.216 e. The van der Waals surface area contributed by atoms with Crippen LogP contribution in [-0.4, -0.2) is 21.2 Å². The number of nitrogens with zero attached hydrogens (tertiary/aromatic N) is 4. The molecular formula is C16H19N5O. The van der Waals surface area contributed by atoms with Crippen LogP contribution in [0.3, 0.4) is 0 Å². The van der Waals surface area contributed by atoms with E-state index in [-0.39, 0.29) is 0 Å². The van der Waals surface area contributed by atoms with Crippen LogP contribution < -0.4 is 5.32 Å². The minimum absolute atomic E-state index is 0.419. The molecule has 114 valence electrons. The van der Waals surface area contributed by atoms with E-state index >= 15 is 0 Å². The Hall–Kier alpha value is -2.42. The molecule has 1 saturated carbocycles. The average molecular weight is 297 g/mol. The summed E-state index contributed by atoms with van der Waals surface area (Å²) < 4.78 is 5.46. The number of aromatic nitrogens is 3. The number of aryl methyl sites for hydroxylation is 2. The highest BCUT2D eigenvalue weighted by Crippen LogP contribution is 2.30. The van der Waals surface area contributed by atoms with E-state index in [4.69, 9.17) is 9.68 Å². The van der Waals surface area contributed by atoms with Gasteiger partial charge in [0.2, 0.25) is 11.8 Å². The maximum absolute atomic E-state index is 8.99. The molecule has 1 fully saturated rings. The van der Waals surface area contributed by atoms with Gasteiger partial charge in [0, 0.05) is 30.8 Å². The zero-order chi connectivity index (χ0) is 15.5. The van der Waals surface area contributed by atoms with Crippen molar-refractivity contribution in [3.8, 4) is 6.07 Å². The molecule has 3 rings (SSSR count). The molecule has 1 aliphatic rings. The van der Waals surface area contributed by atoms with Gasteiger partial charge in [-0.15, -0.1) is 10.2 Å². The molecular weight excluding hydrogens is 278 g/mol. The summed E-state index contributed by atoms with van der Waals surface area (Å²) in [5.41, 5.74) is 2.29. The molecule has 1 aliphatic carbocycles. The predicted molar refractivity (Wildman–Crippen MR) is 81.2 cm³/mol. The van der Waals surface area contributed by atoms with Gasteiger partial charge in [-0.2, -0.15) is 5.26 Å². The lowest BCUT2D eigenvalue weighted by Gasteiger charge is -2.15. The summed E-state index contributed by atoms with van der Waals surface area (Å²) in [7, 11) is 0. The van der Waals surface area contributed by atoms with Crippen LogP contribution in [0.1, 0.15) is 42.4 Å². The average Bonchev–Trinajstić information content (AvgIpc) is 3.08. The van der Waals surface area contributed by atoms with Crippen LogP contribution in [0.15, 0.2) is 16.5 Å². The first-order valence-electron chi connectivity index (χ1n) is 7.56. The lowest BCUT2D eigenvalue weighted by molar-refractivity contribution is 0.416. The molecule has 0 aliphatic heterocycles. The van der Waals surface area contributed by atoms with Crippen molar-refractivity contribution in [3.63, 3.8) is 0 Å². The highest BCUT2D eigenvalue weighted by atomic mass is 16.4. The molecule has 0 saturated heterocycles. The van der Waals surface area contributed by atoms with Crippen LogP contribution in [0.5, 0.6) is 0 Å². The van der Waals surface area contributed by atoms with Crippen molar-refractivity contribution in [2.75, 3.05) is 5.32 Å². The minimum atomic E-state index is 0.419. The molecule has 2 heterocycles. The van der Waals surface area contributed by atoms with Crippen molar-refractivity contribution in [1.29, 1.82) is 5.26 Å². The summed E-state index contributed by atoms with van der Waals surface area (Å²) in [6.07, 6.45) is 4.18. The van der Waals surface area contributed by atoms with Gasteiger partial charge in [-0.25, -0.2) is 4.98 Å². The molecule has 1 N–H and O–H groups in total. The Morgan fingerprint density at radius 3 is 2.91 bits per heavy atom. The molecule has 22 heavy (non-hydrogen) atoms. The summed E-state index contributed by atoms with van der Waals surface area (Å²) in [6.45, 7) is 3.72. The zero-order valence-electron chi connectivity index (χ0n) is 12.8. The third kappa shape index (κ3) is 3.42. The van der Waals surface area contributed by atoms with Gasteiger partial charge >= 0.3 is 0 Å². The van der Waals surface area contributed by atoms with Crippen LogP contribution in [0, 0.1) is 31.1 Å². The molecule has 2 aromatic rings. The Morgan fingerprint density at radius 2 is 2.18 bits per heavy atom. The fourth-order valence-electron chi connectivity index (χ4n) is 3.10. The van der Waals surface area contributed by atoms with E-state index in [2.05, 4.69) is 26.6 Å². The quantitative estimate of drug-likeness (QED) is 0.933. The second-order valence-corrected chi connectivity index (χ2v) is 5.93. The predicted octanol–water partition coefficient (Wildman–Crippen LogP) is 2.78. The number of nitrogens with one attached hydrogen (secondary N) is 1. The Bertz CT molecular complexity index is 703. The van der Waals surface area contributed by atoms with Gasteiger partial charge in [-0.05, 0) is 44.2 Å². The van der Waals surface area contributed by atoms with Crippen LogP contribution in [-0.2, 0) is 6.42 Å². The lowest BCUT2D eigenvalue weighted by Crippen LogP contribution is -2.16. The number of rotatable bonds is 4. The molecule has 0 aromatic carbocycles. The topological polar surface area (TPSA) is 87.6 Å². The van der Waals surface area contributed by atoms with E-state index in [0.717, 1.165) is 43.0 Å². The first-order valence-corrected chi connectivity index (χ1v) is 7.56. The van der Waals surface area contributed by atoms with E-state index in [1.54, 1.807) is 0 Å². The number of nitriles is 1. The smallest absolute Gasteiger partial charge is 0.216 e. The Balaban J connectivity index is 1.59. The monoisotopic (exact) mass is 297 g/mol. The zero-order valence-corrected chi connectivity index (χ0v) is 12.8. The second-order valence-electron chi connectivity index (χ2n) is 5.93. The van der Waals surface area contributed by atoms with Crippen molar-refractivity contribution < 1.29 is 4.42 Å². The maximum atomic E-state index is 8.99. The summed E-state index contributed by atoms with van der Waals surface area (Å²) in [5, 5.41) is 20.5. The van der Waals surface area contributed by atoms with Crippen molar-refractivity contribution in [1.82, 2.24) is 15.2 Å². The number of hydrogen-bond donors (Lipinski definition) is 1. The third-order valence-corrected chi connectivity index (χ3v) is 4.01. The van der Waals surface area contributed by atoms with E-state index < -0.39 is 0 Å². The highest BCUT2D eigenvalue weighted by molar-refractivity contribution is 5.48. The minimum Gasteiger partial charge on any atom is -0.426 e. The van der Waals surface area contributed by atoms with Crippen LogP contribution in [0.4, 0.5) is 5.69 Å². The first kappa shape index (κ1) is 14.5. The van der Waals surface area contributed by atoms with Gasteiger partial charge in [0.15, 0.2) is 0 Å². The molecule has 0 spiro atoms. The molecule has 0 amide bonds. The second kappa shape index (κ2) is 6.14. The van der Waals surface area contributed by atoms with Crippen molar-refractivity contribution >= 4 is 5.69 Å². The molecule has 2 atom stereocenters. The van der Waals surface area contributed by atoms with Crippen LogP contribution in [0.25, 0.3) is 0 Å². The number of anilines is 1. The number of hydrogen-bond acceptors (Lipinski definition) is 6. The largest absolute Gasteiger partial charge is 0.426 e. The van der Waals surface area contributed by atoms with E-state index in [0.29, 0.717) is 23.5 Å². The van der Waals surface area contributed by atoms with Crippen LogP contribution >= 0.6 is 0 Å². The fourth-order valence-corrected chi connectivity index (χ4v) is 3.10. The van der Waals surface area contributed by atoms with Gasteiger partial charge in [0.05, 0.1) is 0 Å². The summed E-state index contributed by atoms with van der Waals surface area (Å²) >= 11 is 0. The Labute approximate surface area is 129 Å². The van der Waals surface area contributed by atoms with Crippen molar-refractivity contribution in [2.24, 2.45) is 5.92 Å². The van der Waals surface area contributed by atoms with Gasteiger partial charge in [-0.1, -0.05) is 0 Å². The molecule has 0 radical (unpaired) electrons. The van der Waals surface area contributed by atoms with Gasteiger partial charge in [-0.3, -0.25) is 0 Å². The van der Waals surface area contributed by atoms with Crippen molar-refractivity contribution in [2.45, 2.75) is 45.6 Å². The van der Waals surface area contributed by atoms with E-state index in [1.165, 1.54) is 0 Å². The Morgan fingerprint density at radius 1 is 1.32 bits per heavy atom. The SMILES string of the molecule is Cc1cc(N[C@H]2CC[C@@H](Cc3nnc(C)o3)C2)cc(C#N)n1. The van der Waals surface area contributed by atoms with Gasteiger partial charge in [0.1, 0.15) is 11.8 Å². The Kier molecular flexibility index (Phi) is 4.05. The third-order valence-electron chi connectivity index (χ3n) is 4.01. The number of pyridine rings is 1. The summed E-state index contributed by atoms with van der Waals surface area (Å²) in [4.78, 5) is 4.17. The lowest BCUT2D eigenvalue weighted by atomic mass is 10.0. The molecule has 0 unspecified atom stereocenters. The van der Waals surface area contributed by atoms with Crippen molar-refractivity contribution in [3.05, 3.63) is 35.3 Å². The molecule has 6 heteroatoms. The van der Waals surface area contributed by atoms with Gasteiger partial charge < -0.3 is 9.73 Å². The van der Waals surface area contributed by atoms with Gasteiger partial charge in [0.25, 0.3) is 0 Å². The molecule has 6 nitrogen and oxygen atoms in total. The normalized spacial score (nSPS) is 20.8.